The molecule has 0 radical (unpaired) electrons. The predicted molar refractivity (Wildman–Crippen MR) is 115 cm³/mol. The van der Waals surface area contributed by atoms with Crippen molar-refractivity contribution in [2.45, 2.75) is 50.6 Å². The van der Waals surface area contributed by atoms with E-state index in [0.717, 1.165) is 6.07 Å². The molecule has 2 aromatic carbocycles. The lowest BCUT2D eigenvalue weighted by Crippen LogP contribution is -2.44. The van der Waals surface area contributed by atoms with E-state index >= 15 is 4.39 Å². The lowest BCUT2D eigenvalue weighted by molar-refractivity contribution is -0.139. The Balaban J connectivity index is 2.33. The van der Waals surface area contributed by atoms with Crippen molar-refractivity contribution in [3.8, 4) is 6.07 Å². The van der Waals surface area contributed by atoms with Gasteiger partial charge in [-0.2, -0.15) is 5.26 Å². The van der Waals surface area contributed by atoms with Crippen LogP contribution in [0.2, 0.25) is 10.0 Å². The van der Waals surface area contributed by atoms with Gasteiger partial charge in [-0.15, -0.1) is 0 Å². The number of nitriles is 1. The second-order valence-corrected chi connectivity index (χ2v) is 9.81. The molecule has 4 nitrogen and oxygen atoms in total. The Kier molecular flexibility index (Phi) is 6.15. The van der Waals surface area contributed by atoms with Gasteiger partial charge in [0.05, 0.1) is 6.07 Å². The highest BCUT2D eigenvalue weighted by molar-refractivity contribution is 6.30. The first kappa shape index (κ1) is 22.6. The van der Waals surface area contributed by atoms with Crippen molar-refractivity contribution in [3.63, 3.8) is 0 Å². The fourth-order valence-electron chi connectivity index (χ4n) is 4.51. The Labute approximate surface area is 185 Å². The Hall–Kier alpha value is -2.13. The topological polar surface area (TPSA) is 73.1 Å². The molecule has 30 heavy (non-hydrogen) atoms. The van der Waals surface area contributed by atoms with E-state index in [9.17, 15) is 15.2 Å². The number of carboxylic acid groups (broad SMARTS) is 1. The lowest BCUT2D eigenvalue weighted by Gasteiger charge is -2.37. The van der Waals surface area contributed by atoms with E-state index in [1.54, 1.807) is 24.3 Å². The number of hydrogen-bond donors (Lipinski definition) is 2. The Morgan fingerprint density at radius 1 is 1.23 bits per heavy atom. The van der Waals surface area contributed by atoms with Crippen molar-refractivity contribution >= 4 is 29.2 Å². The summed E-state index contributed by atoms with van der Waals surface area (Å²) in [4.78, 5) is 12.2. The van der Waals surface area contributed by atoms with E-state index < -0.39 is 35.2 Å². The summed E-state index contributed by atoms with van der Waals surface area (Å²) in [6.45, 7) is 5.99. The molecule has 1 aliphatic heterocycles. The van der Waals surface area contributed by atoms with Crippen molar-refractivity contribution in [1.82, 2.24) is 5.32 Å². The van der Waals surface area contributed by atoms with Crippen LogP contribution in [0.25, 0.3) is 0 Å². The van der Waals surface area contributed by atoms with Crippen molar-refractivity contribution in [2.24, 2.45) is 5.41 Å². The van der Waals surface area contributed by atoms with Crippen LogP contribution in [-0.2, 0) is 10.2 Å². The molecule has 3 rings (SSSR count). The minimum atomic E-state index is -1.48. The molecule has 1 saturated heterocycles. The van der Waals surface area contributed by atoms with E-state index in [1.165, 1.54) is 12.1 Å². The summed E-state index contributed by atoms with van der Waals surface area (Å²) in [6.07, 6.45) is 0.462. The molecule has 0 aliphatic carbocycles. The van der Waals surface area contributed by atoms with Crippen molar-refractivity contribution < 1.29 is 14.3 Å². The van der Waals surface area contributed by atoms with Gasteiger partial charge in [0.15, 0.2) is 0 Å². The second-order valence-electron chi connectivity index (χ2n) is 8.94. The van der Waals surface area contributed by atoms with Crippen molar-refractivity contribution in [2.75, 3.05) is 0 Å². The summed E-state index contributed by atoms with van der Waals surface area (Å²) >= 11 is 12.1. The van der Waals surface area contributed by atoms with E-state index in [1.807, 2.05) is 20.8 Å². The Morgan fingerprint density at radius 2 is 1.90 bits per heavy atom. The normalized spacial score (nSPS) is 26.4. The molecule has 0 saturated carbocycles. The third-order valence-electron chi connectivity index (χ3n) is 5.61. The van der Waals surface area contributed by atoms with Gasteiger partial charge in [-0.25, -0.2) is 4.39 Å². The van der Waals surface area contributed by atoms with Crippen LogP contribution < -0.4 is 5.32 Å². The first-order valence-electron chi connectivity index (χ1n) is 9.60. The maximum atomic E-state index is 15.2. The van der Waals surface area contributed by atoms with E-state index in [4.69, 9.17) is 23.2 Å². The van der Waals surface area contributed by atoms with Crippen LogP contribution in [0.4, 0.5) is 4.39 Å². The third kappa shape index (κ3) is 4.05. The first-order valence-corrected chi connectivity index (χ1v) is 10.4. The first-order chi connectivity index (χ1) is 14.0. The summed E-state index contributed by atoms with van der Waals surface area (Å²) in [6, 6.07) is 11.5. The zero-order chi connectivity index (χ0) is 22.3. The van der Waals surface area contributed by atoms with Crippen LogP contribution in [-0.4, -0.2) is 23.2 Å². The number of nitrogens with zero attached hydrogens (tertiary/aromatic N) is 1. The Bertz CT molecular complexity index is 1010. The van der Waals surface area contributed by atoms with Crippen molar-refractivity contribution in [1.29, 1.82) is 5.26 Å². The van der Waals surface area contributed by atoms with Crippen molar-refractivity contribution in [3.05, 3.63) is 69.5 Å². The molecule has 4 atom stereocenters. The van der Waals surface area contributed by atoms with Crippen LogP contribution in [0.5, 0.6) is 0 Å². The number of carboxylic acids is 1. The highest BCUT2D eigenvalue weighted by atomic mass is 35.5. The average molecular weight is 449 g/mol. The van der Waals surface area contributed by atoms with E-state index in [0.29, 0.717) is 17.0 Å². The minimum absolute atomic E-state index is 0.130. The summed E-state index contributed by atoms with van der Waals surface area (Å²) < 4.78 is 15.2. The van der Waals surface area contributed by atoms with Gasteiger partial charge >= 0.3 is 5.97 Å². The number of benzene rings is 2. The zero-order valence-corrected chi connectivity index (χ0v) is 18.4. The molecular formula is C23H23Cl2FN2O2. The standard InChI is InChI=1S/C23H23Cl2FN2O2/c1-22(2,3)11-18-23(12-27,16-8-7-15(25)10-17(16)26)19(20(28-18)21(29)30)13-5-4-6-14(24)9-13/h4-10,18-20,28H,11H2,1-3H3,(H,29,30)/t18-,19-,20+,23-/m1/s1. The third-order valence-corrected chi connectivity index (χ3v) is 6.08. The molecular weight excluding hydrogens is 426 g/mol. The van der Waals surface area contributed by atoms with E-state index in [-0.39, 0.29) is 16.0 Å². The molecule has 0 unspecified atom stereocenters. The quantitative estimate of drug-likeness (QED) is 0.643. The van der Waals surface area contributed by atoms with Gasteiger partial charge in [-0.3, -0.25) is 10.1 Å². The molecule has 158 valence electrons. The second kappa shape index (κ2) is 8.19. The molecule has 0 spiro atoms. The van der Waals surface area contributed by atoms with Crippen LogP contribution in [0.15, 0.2) is 42.5 Å². The zero-order valence-electron chi connectivity index (χ0n) is 16.9. The molecule has 2 N–H and O–H groups in total. The maximum Gasteiger partial charge on any atom is 0.321 e. The van der Waals surface area contributed by atoms with Gasteiger partial charge < -0.3 is 5.11 Å². The smallest absolute Gasteiger partial charge is 0.321 e. The molecule has 0 amide bonds. The monoisotopic (exact) mass is 448 g/mol. The highest BCUT2D eigenvalue weighted by Crippen LogP contribution is 2.52. The van der Waals surface area contributed by atoms with Gasteiger partial charge in [0.1, 0.15) is 17.3 Å². The molecule has 1 aliphatic rings. The SMILES string of the molecule is CC(C)(C)C[C@H]1N[C@H](C(=O)O)[C@@H](c2cccc(Cl)c2)[C@]1(C#N)c1ccc(Cl)cc1F. The van der Waals surface area contributed by atoms with Crippen LogP contribution in [0.3, 0.4) is 0 Å². The highest BCUT2D eigenvalue weighted by Gasteiger charge is 2.60. The fraction of sp³-hybridized carbons (Fsp3) is 0.391. The van der Waals surface area contributed by atoms with Gasteiger partial charge in [0, 0.05) is 27.6 Å². The fourth-order valence-corrected chi connectivity index (χ4v) is 4.87. The number of rotatable bonds is 4. The number of carbonyl (C=O) groups is 1. The van der Waals surface area contributed by atoms with Gasteiger partial charge in [-0.1, -0.05) is 62.2 Å². The largest absolute Gasteiger partial charge is 0.480 e. The molecule has 0 bridgehead atoms. The van der Waals surface area contributed by atoms with Gasteiger partial charge in [0.25, 0.3) is 0 Å². The lowest BCUT2D eigenvalue weighted by atomic mass is 9.63. The molecule has 1 heterocycles. The van der Waals surface area contributed by atoms with E-state index in [2.05, 4.69) is 11.4 Å². The molecule has 0 aromatic heterocycles. The summed E-state index contributed by atoms with van der Waals surface area (Å²) in [5, 5.41) is 24.3. The predicted octanol–water partition coefficient (Wildman–Crippen LogP) is 5.54. The molecule has 7 heteroatoms. The number of aliphatic carboxylic acids is 1. The molecule has 2 aromatic rings. The summed E-state index contributed by atoms with van der Waals surface area (Å²) in [7, 11) is 0. The number of halogens is 3. The van der Waals surface area contributed by atoms with Crippen LogP contribution in [0, 0.1) is 22.6 Å². The average Bonchev–Trinajstić information content (AvgIpc) is 2.95. The number of nitrogens with one attached hydrogen (secondary N) is 1. The minimum Gasteiger partial charge on any atom is -0.480 e. The number of hydrogen-bond acceptors (Lipinski definition) is 3. The Morgan fingerprint density at radius 3 is 2.43 bits per heavy atom. The van der Waals surface area contributed by atoms with Gasteiger partial charge in [-0.05, 0) is 41.7 Å². The van der Waals surface area contributed by atoms with Gasteiger partial charge in [0.2, 0.25) is 0 Å². The van der Waals surface area contributed by atoms with Crippen LogP contribution >= 0.6 is 23.2 Å². The molecule has 1 fully saturated rings. The summed E-state index contributed by atoms with van der Waals surface area (Å²) in [5.74, 6) is -2.60. The van der Waals surface area contributed by atoms with Crippen LogP contribution in [0.1, 0.15) is 44.2 Å². The maximum absolute atomic E-state index is 15.2. The summed E-state index contributed by atoms with van der Waals surface area (Å²) in [5.41, 5.74) is -1.02.